The van der Waals surface area contributed by atoms with Crippen LogP contribution in [0.1, 0.15) is 5.56 Å². The number of terminal acetylenes is 1. The van der Waals surface area contributed by atoms with Crippen LogP contribution in [0.25, 0.3) is 0 Å². The summed E-state index contributed by atoms with van der Waals surface area (Å²) in [5.41, 5.74) is -0.0737. The molecule has 1 aromatic rings. The van der Waals surface area contributed by atoms with Crippen LogP contribution in [0.3, 0.4) is 0 Å². The van der Waals surface area contributed by atoms with Crippen molar-refractivity contribution in [1.82, 2.24) is 4.90 Å². The van der Waals surface area contributed by atoms with Crippen molar-refractivity contribution in [1.29, 1.82) is 0 Å². The maximum absolute atomic E-state index is 12.2. The Hall–Kier alpha value is -2.25. The van der Waals surface area contributed by atoms with E-state index in [9.17, 15) is 4.79 Å². The Morgan fingerprint density at radius 3 is 2.95 bits per heavy atom. The quantitative estimate of drug-likeness (QED) is 0.624. The van der Waals surface area contributed by atoms with E-state index in [0.29, 0.717) is 13.2 Å². The van der Waals surface area contributed by atoms with Gasteiger partial charge in [-0.05, 0) is 5.56 Å². The average molecular weight is 271 g/mol. The number of ether oxygens (including phenoxy) is 2. The Morgan fingerprint density at radius 1 is 1.55 bits per heavy atom. The van der Waals surface area contributed by atoms with Crippen LogP contribution in [-0.2, 0) is 15.0 Å². The Morgan fingerprint density at radius 2 is 2.30 bits per heavy atom. The molecule has 0 N–H and O–H groups in total. The highest BCUT2D eigenvalue weighted by molar-refractivity contribution is 5.70. The van der Waals surface area contributed by atoms with Gasteiger partial charge in [0.15, 0.2) is 5.54 Å². The number of amides is 1. The Kier molecular flexibility index (Phi) is 4.44. The summed E-state index contributed by atoms with van der Waals surface area (Å²) in [7, 11) is 0. The molecule has 1 saturated heterocycles. The number of carbonyl (C=O) groups excluding carboxylic acids is 1. The Balaban J connectivity index is 2.35. The van der Waals surface area contributed by atoms with E-state index >= 15 is 0 Å². The molecule has 1 aliphatic heterocycles. The molecule has 1 atom stereocenters. The molecule has 1 fully saturated rings. The predicted octanol–water partition coefficient (Wildman–Crippen LogP) is 2.17. The molecule has 0 aromatic heterocycles. The predicted molar refractivity (Wildman–Crippen MR) is 76.0 cm³/mol. The lowest BCUT2D eigenvalue weighted by atomic mass is 9.89. The van der Waals surface area contributed by atoms with Gasteiger partial charge in [-0.25, -0.2) is 4.79 Å². The molecule has 1 aliphatic rings. The molecule has 1 amide bonds. The molecule has 20 heavy (non-hydrogen) atoms. The molecule has 1 heterocycles. The largest absolute Gasteiger partial charge is 0.445 e. The van der Waals surface area contributed by atoms with Gasteiger partial charge >= 0.3 is 6.09 Å². The molecule has 0 radical (unpaired) electrons. The first-order valence-electron chi connectivity index (χ1n) is 6.41. The zero-order valence-corrected chi connectivity index (χ0v) is 11.2. The number of hydrogen-bond acceptors (Lipinski definition) is 3. The normalized spacial score (nSPS) is 21.9. The highest BCUT2D eigenvalue weighted by atomic mass is 16.6. The van der Waals surface area contributed by atoms with Gasteiger partial charge < -0.3 is 9.47 Å². The van der Waals surface area contributed by atoms with Crippen LogP contribution in [-0.4, -0.2) is 37.4 Å². The first-order valence-corrected chi connectivity index (χ1v) is 6.41. The first kappa shape index (κ1) is 14.2. The molecule has 0 spiro atoms. The van der Waals surface area contributed by atoms with E-state index < -0.39 is 11.6 Å². The second-order valence-electron chi connectivity index (χ2n) is 4.44. The Bertz CT molecular complexity index is 520. The molecule has 0 aliphatic carbocycles. The Labute approximate surface area is 119 Å². The first-order chi connectivity index (χ1) is 9.74. The summed E-state index contributed by atoms with van der Waals surface area (Å²) in [6.07, 6.45) is 6.80. The van der Waals surface area contributed by atoms with Crippen molar-refractivity contribution >= 4 is 6.09 Å². The van der Waals surface area contributed by atoms with Gasteiger partial charge in [0.25, 0.3) is 0 Å². The zero-order valence-electron chi connectivity index (χ0n) is 11.2. The number of nitrogens with zero attached hydrogens (tertiary/aromatic N) is 1. The van der Waals surface area contributed by atoms with Gasteiger partial charge in [0.1, 0.15) is 6.61 Å². The molecule has 2 rings (SSSR count). The molecule has 104 valence electrons. The number of benzene rings is 1. The van der Waals surface area contributed by atoms with Gasteiger partial charge in [-0.15, -0.1) is 6.42 Å². The van der Waals surface area contributed by atoms with Gasteiger partial charge in [-0.1, -0.05) is 48.9 Å². The molecular weight excluding hydrogens is 254 g/mol. The summed E-state index contributed by atoms with van der Waals surface area (Å²) in [6.45, 7) is 4.79. The average Bonchev–Trinajstić information content (AvgIpc) is 2.53. The lowest BCUT2D eigenvalue weighted by Crippen LogP contribution is -2.56. The molecule has 0 saturated carbocycles. The smallest absolute Gasteiger partial charge is 0.411 e. The third-order valence-electron chi connectivity index (χ3n) is 3.27. The van der Waals surface area contributed by atoms with Gasteiger partial charge in [-0.2, -0.15) is 0 Å². The summed E-state index contributed by atoms with van der Waals surface area (Å²) in [5.74, 6) is 2.72. The van der Waals surface area contributed by atoms with Gasteiger partial charge in [0, 0.05) is 6.54 Å². The minimum absolute atomic E-state index is 0.158. The fraction of sp³-hybridized carbons (Fsp3) is 0.312. The fourth-order valence-electron chi connectivity index (χ4n) is 2.26. The summed E-state index contributed by atoms with van der Waals surface area (Å²) < 4.78 is 10.6. The molecule has 4 nitrogen and oxygen atoms in total. The maximum Gasteiger partial charge on any atom is 0.411 e. The van der Waals surface area contributed by atoms with Crippen LogP contribution in [0.5, 0.6) is 0 Å². The van der Waals surface area contributed by atoms with Crippen LogP contribution < -0.4 is 0 Å². The number of morpholine rings is 1. The summed E-state index contributed by atoms with van der Waals surface area (Å²) in [4.78, 5) is 13.8. The van der Waals surface area contributed by atoms with Crippen molar-refractivity contribution < 1.29 is 14.3 Å². The SMILES string of the molecule is C#CC1(c2ccccc2)COCCN1C(=O)OCC=C. The van der Waals surface area contributed by atoms with Crippen LogP contribution in [0.4, 0.5) is 4.79 Å². The summed E-state index contributed by atoms with van der Waals surface area (Å²) in [6, 6.07) is 9.45. The third kappa shape index (κ3) is 2.54. The number of carbonyl (C=O) groups is 1. The molecule has 0 bridgehead atoms. The van der Waals surface area contributed by atoms with E-state index in [4.69, 9.17) is 15.9 Å². The molecular formula is C16H17NO3. The van der Waals surface area contributed by atoms with E-state index in [2.05, 4.69) is 12.5 Å². The fourth-order valence-corrected chi connectivity index (χ4v) is 2.26. The lowest BCUT2D eigenvalue weighted by Gasteiger charge is -2.42. The van der Waals surface area contributed by atoms with E-state index in [1.807, 2.05) is 30.3 Å². The third-order valence-corrected chi connectivity index (χ3v) is 3.27. The van der Waals surface area contributed by atoms with Crippen molar-refractivity contribution in [3.8, 4) is 12.3 Å². The van der Waals surface area contributed by atoms with E-state index in [-0.39, 0.29) is 13.2 Å². The van der Waals surface area contributed by atoms with Gasteiger partial charge in [0.05, 0.1) is 13.2 Å². The maximum atomic E-state index is 12.2. The highest BCUT2D eigenvalue weighted by Crippen LogP contribution is 2.31. The van der Waals surface area contributed by atoms with Crippen molar-refractivity contribution in [2.75, 3.05) is 26.4 Å². The van der Waals surface area contributed by atoms with Crippen molar-refractivity contribution in [2.24, 2.45) is 0 Å². The van der Waals surface area contributed by atoms with Gasteiger partial charge in [-0.3, -0.25) is 4.90 Å². The summed E-state index contributed by atoms with van der Waals surface area (Å²) in [5, 5.41) is 0. The molecule has 1 unspecified atom stereocenters. The highest BCUT2D eigenvalue weighted by Gasteiger charge is 2.43. The van der Waals surface area contributed by atoms with E-state index in [1.165, 1.54) is 6.08 Å². The number of rotatable bonds is 3. The van der Waals surface area contributed by atoms with Crippen molar-refractivity contribution in [3.05, 3.63) is 48.6 Å². The molecule has 1 aromatic carbocycles. The minimum Gasteiger partial charge on any atom is -0.445 e. The van der Waals surface area contributed by atoms with Crippen molar-refractivity contribution in [3.63, 3.8) is 0 Å². The monoisotopic (exact) mass is 271 g/mol. The zero-order chi connectivity index (χ0) is 14.4. The van der Waals surface area contributed by atoms with Crippen LogP contribution in [0.2, 0.25) is 0 Å². The second-order valence-corrected chi connectivity index (χ2v) is 4.44. The van der Waals surface area contributed by atoms with E-state index in [0.717, 1.165) is 5.56 Å². The molecule has 4 heteroatoms. The van der Waals surface area contributed by atoms with Crippen molar-refractivity contribution in [2.45, 2.75) is 5.54 Å². The second kappa shape index (κ2) is 6.27. The van der Waals surface area contributed by atoms with Crippen LogP contribution in [0.15, 0.2) is 43.0 Å². The van der Waals surface area contributed by atoms with E-state index in [1.54, 1.807) is 4.90 Å². The standard InChI is InChI=1S/C16H17NO3/c1-3-11-20-15(18)17-10-12-19-13-16(17,4-2)14-8-6-5-7-9-14/h2-3,5-9H,1,10-13H2. The van der Waals surface area contributed by atoms with Crippen LogP contribution >= 0.6 is 0 Å². The summed E-state index contributed by atoms with van der Waals surface area (Å²) >= 11 is 0. The minimum atomic E-state index is -0.919. The topological polar surface area (TPSA) is 38.8 Å². The van der Waals surface area contributed by atoms with Gasteiger partial charge in [0.2, 0.25) is 0 Å². The number of hydrogen-bond donors (Lipinski definition) is 0. The van der Waals surface area contributed by atoms with Crippen LogP contribution in [0, 0.1) is 12.3 Å². The lowest BCUT2D eigenvalue weighted by molar-refractivity contribution is -0.0375.